The van der Waals surface area contributed by atoms with E-state index in [0.717, 1.165) is 32.8 Å². The van der Waals surface area contributed by atoms with Crippen LogP contribution in [-0.4, -0.2) is 61.4 Å². The molecule has 3 rings (SSSR count). The molecule has 194 valence electrons. The molecule has 3 aromatic rings. The first-order valence-corrected chi connectivity index (χ1v) is 16.7. The standard InChI is InChI=1S/C25H37N7O2SSi/c1-8-34-23(26)19(15-27-4)18-13-21-20(28-14-18)9-10-22(29-21)32(16-33-11-12-36(5,6)7)25-31-30-24(35-25)17(2)3/h9-10,13-15,17H,8,11-12,16,26H2,1-7H3. The van der Waals surface area contributed by atoms with Gasteiger partial charge in [0.2, 0.25) is 5.13 Å². The topological polar surface area (TPSA) is 112 Å². The Morgan fingerprint density at radius 1 is 1.22 bits per heavy atom. The summed E-state index contributed by atoms with van der Waals surface area (Å²) in [6, 6.07) is 6.91. The first-order chi connectivity index (χ1) is 17.1. The molecule has 0 bridgehead atoms. The maximum atomic E-state index is 6.15. The van der Waals surface area contributed by atoms with E-state index in [1.165, 1.54) is 0 Å². The third-order valence-electron chi connectivity index (χ3n) is 5.31. The number of nitrogens with zero attached hydrogens (tertiary/aromatic N) is 6. The highest BCUT2D eigenvalue weighted by atomic mass is 32.1. The van der Waals surface area contributed by atoms with E-state index in [1.807, 2.05) is 30.0 Å². The smallest absolute Gasteiger partial charge is 0.215 e. The number of fused-ring (bicyclic) bond motifs is 1. The Bertz CT molecular complexity index is 1220. The molecule has 36 heavy (non-hydrogen) atoms. The molecule has 3 aromatic heterocycles. The SMILES string of the molecule is CCOC(N)=C(C=NC)c1cnc2ccc(N(COCC[Si](C)(C)C)c3nnc(C(C)C)s3)nc2c1. The molecular weight excluding hydrogens is 490 g/mol. The zero-order chi connectivity index (χ0) is 26.3. The Kier molecular flexibility index (Phi) is 9.52. The van der Waals surface area contributed by atoms with Crippen molar-refractivity contribution < 1.29 is 9.47 Å². The predicted octanol–water partition coefficient (Wildman–Crippen LogP) is 5.42. The van der Waals surface area contributed by atoms with Crippen molar-refractivity contribution >= 4 is 53.2 Å². The molecule has 0 unspecified atom stereocenters. The van der Waals surface area contributed by atoms with Crippen molar-refractivity contribution in [2.75, 3.05) is 31.9 Å². The second kappa shape index (κ2) is 12.4. The maximum absolute atomic E-state index is 6.15. The van der Waals surface area contributed by atoms with Crippen molar-refractivity contribution in [2.24, 2.45) is 10.7 Å². The van der Waals surface area contributed by atoms with Crippen molar-refractivity contribution in [1.29, 1.82) is 0 Å². The number of aliphatic imine (C=N–C) groups is 1. The fraction of sp³-hybridized carbons (Fsp3) is 0.480. The molecule has 0 spiro atoms. The third-order valence-corrected chi connectivity index (χ3v) is 8.26. The third kappa shape index (κ3) is 7.31. The van der Waals surface area contributed by atoms with Crippen LogP contribution in [0.5, 0.6) is 0 Å². The van der Waals surface area contributed by atoms with E-state index >= 15 is 0 Å². The summed E-state index contributed by atoms with van der Waals surface area (Å²) in [6.07, 6.45) is 3.43. The van der Waals surface area contributed by atoms with Crippen LogP contribution in [0, 0.1) is 0 Å². The van der Waals surface area contributed by atoms with E-state index in [1.54, 1.807) is 30.8 Å². The fourth-order valence-electron chi connectivity index (χ4n) is 3.26. The van der Waals surface area contributed by atoms with Gasteiger partial charge in [-0.05, 0) is 31.2 Å². The van der Waals surface area contributed by atoms with E-state index < -0.39 is 8.07 Å². The van der Waals surface area contributed by atoms with Gasteiger partial charge in [-0.1, -0.05) is 44.8 Å². The first kappa shape index (κ1) is 27.7. The zero-order valence-electron chi connectivity index (χ0n) is 22.3. The lowest BCUT2D eigenvalue weighted by atomic mass is 10.1. The summed E-state index contributed by atoms with van der Waals surface area (Å²) in [6.45, 7) is 14.6. The van der Waals surface area contributed by atoms with E-state index in [9.17, 15) is 0 Å². The Hall–Kier alpha value is -2.89. The molecule has 0 atom stereocenters. The molecule has 0 aliphatic heterocycles. The summed E-state index contributed by atoms with van der Waals surface area (Å²) >= 11 is 1.56. The summed E-state index contributed by atoms with van der Waals surface area (Å²) in [5.41, 5.74) is 9.08. The summed E-state index contributed by atoms with van der Waals surface area (Å²) in [5, 5.41) is 10.5. The van der Waals surface area contributed by atoms with E-state index in [0.29, 0.717) is 43.1 Å². The molecule has 0 aromatic carbocycles. The lowest BCUT2D eigenvalue weighted by Gasteiger charge is -2.22. The minimum absolute atomic E-state index is 0.295. The van der Waals surface area contributed by atoms with Crippen LogP contribution in [0.15, 0.2) is 35.3 Å². The number of rotatable bonds is 12. The van der Waals surface area contributed by atoms with Gasteiger partial charge < -0.3 is 15.2 Å². The molecule has 3 heterocycles. The molecule has 0 radical (unpaired) electrons. The van der Waals surface area contributed by atoms with E-state index in [-0.39, 0.29) is 0 Å². The Balaban J connectivity index is 1.99. The summed E-state index contributed by atoms with van der Waals surface area (Å²) in [5.74, 6) is 1.31. The van der Waals surface area contributed by atoms with Crippen molar-refractivity contribution in [2.45, 2.75) is 52.4 Å². The normalized spacial score (nSPS) is 13.0. The highest BCUT2D eigenvalue weighted by molar-refractivity contribution is 7.15. The first-order valence-electron chi connectivity index (χ1n) is 12.1. The van der Waals surface area contributed by atoms with Crippen LogP contribution in [-0.2, 0) is 9.47 Å². The Labute approximate surface area is 218 Å². The molecule has 0 aliphatic carbocycles. The van der Waals surface area contributed by atoms with Crippen LogP contribution in [0.25, 0.3) is 16.6 Å². The maximum Gasteiger partial charge on any atom is 0.215 e. The zero-order valence-corrected chi connectivity index (χ0v) is 24.1. The molecular formula is C25H37N7O2SSi. The van der Waals surface area contributed by atoms with E-state index in [2.05, 4.69) is 53.7 Å². The van der Waals surface area contributed by atoms with Gasteiger partial charge in [0.15, 0.2) is 5.88 Å². The summed E-state index contributed by atoms with van der Waals surface area (Å²) in [4.78, 5) is 15.6. The molecule has 2 N–H and O–H groups in total. The van der Waals surface area contributed by atoms with Gasteiger partial charge in [0.25, 0.3) is 0 Å². The van der Waals surface area contributed by atoms with Gasteiger partial charge in [-0.25, -0.2) is 4.98 Å². The molecule has 0 fully saturated rings. The van der Waals surface area contributed by atoms with Gasteiger partial charge in [-0.3, -0.25) is 14.9 Å². The van der Waals surface area contributed by atoms with Crippen LogP contribution in [0.3, 0.4) is 0 Å². The van der Waals surface area contributed by atoms with Crippen molar-refractivity contribution in [1.82, 2.24) is 20.2 Å². The number of hydrogen-bond acceptors (Lipinski definition) is 10. The number of pyridine rings is 2. The van der Waals surface area contributed by atoms with Crippen LogP contribution in [0.1, 0.15) is 37.3 Å². The van der Waals surface area contributed by atoms with Gasteiger partial charge >= 0.3 is 0 Å². The van der Waals surface area contributed by atoms with Gasteiger partial charge in [-0.15, -0.1) is 10.2 Å². The van der Waals surface area contributed by atoms with Gasteiger partial charge in [0.1, 0.15) is 17.6 Å². The Morgan fingerprint density at radius 2 is 2.00 bits per heavy atom. The molecule has 11 heteroatoms. The molecule has 0 saturated carbocycles. The molecule has 0 aliphatic rings. The monoisotopic (exact) mass is 527 g/mol. The summed E-state index contributed by atoms with van der Waals surface area (Å²) in [7, 11) is 0.490. The van der Waals surface area contributed by atoms with Crippen LogP contribution in [0.2, 0.25) is 25.7 Å². The minimum atomic E-state index is -1.20. The number of allylic oxidation sites excluding steroid dienone is 1. The fourth-order valence-corrected chi connectivity index (χ4v) is 4.86. The van der Waals surface area contributed by atoms with E-state index in [4.69, 9.17) is 20.2 Å². The molecule has 9 nitrogen and oxygen atoms in total. The molecule has 0 saturated heterocycles. The minimum Gasteiger partial charge on any atom is -0.479 e. The second-order valence-corrected chi connectivity index (χ2v) is 16.5. The lowest BCUT2D eigenvalue weighted by molar-refractivity contribution is 0.153. The number of anilines is 2. The number of nitrogens with two attached hydrogens (primary N) is 1. The number of hydrogen-bond donors (Lipinski definition) is 1. The van der Waals surface area contributed by atoms with Crippen molar-refractivity contribution in [3.63, 3.8) is 0 Å². The highest BCUT2D eigenvalue weighted by Crippen LogP contribution is 2.31. The lowest BCUT2D eigenvalue weighted by Crippen LogP contribution is -2.26. The second-order valence-electron chi connectivity index (χ2n) is 9.88. The number of ether oxygens (including phenoxy) is 2. The predicted molar refractivity (Wildman–Crippen MR) is 152 cm³/mol. The average Bonchev–Trinajstić information content (AvgIpc) is 3.31. The van der Waals surface area contributed by atoms with Gasteiger partial charge in [0, 0.05) is 45.6 Å². The Morgan fingerprint density at radius 3 is 2.64 bits per heavy atom. The summed E-state index contributed by atoms with van der Waals surface area (Å²) < 4.78 is 11.6. The highest BCUT2D eigenvalue weighted by Gasteiger charge is 2.20. The van der Waals surface area contributed by atoms with Crippen LogP contribution < -0.4 is 10.6 Å². The van der Waals surface area contributed by atoms with Gasteiger partial charge in [-0.2, -0.15) is 0 Å². The quantitative estimate of drug-likeness (QED) is 0.109. The number of aromatic nitrogens is 4. The van der Waals surface area contributed by atoms with Crippen LogP contribution >= 0.6 is 11.3 Å². The largest absolute Gasteiger partial charge is 0.479 e. The van der Waals surface area contributed by atoms with Gasteiger partial charge in [0.05, 0.1) is 23.2 Å². The molecule has 0 amide bonds. The average molecular weight is 528 g/mol. The van der Waals surface area contributed by atoms with Crippen molar-refractivity contribution in [3.05, 3.63) is 40.9 Å². The van der Waals surface area contributed by atoms with Crippen molar-refractivity contribution in [3.8, 4) is 0 Å². The van der Waals surface area contributed by atoms with Crippen LogP contribution in [0.4, 0.5) is 10.9 Å².